The summed E-state index contributed by atoms with van der Waals surface area (Å²) >= 11 is 0. The van der Waals surface area contributed by atoms with E-state index in [0.29, 0.717) is 17.6 Å². The molecule has 2 saturated heterocycles. The molecule has 0 aliphatic carbocycles. The van der Waals surface area contributed by atoms with Crippen LogP contribution in [0.4, 0.5) is 10.1 Å². The van der Waals surface area contributed by atoms with Gasteiger partial charge in [0.2, 0.25) is 5.91 Å². The first kappa shape index (κ1) is 20.0. The van der Waals surface area contributed by atoms with Crippen LogP contribution in [0.1, 0.15) is 25.0 Å². The van der Waals surface area contributed by atoms with Gasteiger partial charge in [-0.05, 0) is 81.7 Å². The van der Waals surface area contributed by atoms with Crippen molar-refractivity contribution in [1.29, 1.82) is 0 Å². The predicted octanol–water partition coefficient (Wildman–Crippen LogP) is 3.39. The van der Waals surface area contributed by atoms with Crippen molar-refractivity contribution in [3.05, 3.63) is 60.2 Å². The lowest BCUT2D eigenvalue weighted by molar-refractivity contribution is -0.119. The highest BCUT2D eigenvalue weighted by molar-refractivity contribution is 5.92. The van der Waals surface area contributed by atoms with Crippen molar-refractivity contribution >= 4 is 11.6 Å². The summed E-state index contributed by atoms with van der Waals surface area (Å²) in [5.41, 5.74) is 1.78. The van der Waals surface area contributed by atoms with Crippen LogP contribution in [0.25, 0.3) is 0 Å². The van der Waals surface area contributed by atoms with Gasteiger partial charge in [0.25, 0.3) is 0 Å². The Kier molecular flexibility index (Phi) is 6.21. The number of benzene rings is 1. The van der Waals surface area contributed by atoms with Crippen molar-refractivity contribution in [2.24, 2.45) is 11.8 Å². The Morgan fingerprint density at radius 1 is 1.17 bits per heavy atom. The Bertz CT molecular complexity index is 805. The fraction of sp³-hybridized carbons (Fsp3) is 0.478. The van der Waals surface area contributed by atoms with Gasteiger partial charge in [-0.1, -0.05) is 6.07 Å². The summed E-state index contributed by atoms with van der Waals surface area (Å²) < 4.78 is 13.1. The van der Waals surface area contributed by atoms with Gasteiger partial charge in [-0.2, -0.15) is 0 Å². The van der Waals surface area contributed by atoms with Crippen LogP contribution < -0.4 is 5.32 Å². The molecule has 1 aromatic carbocycles. The SMILES string of the molecule is CN1CC(C(=O)Nc2ccc(F)cc2)CC1C1CCN(Cc2ccccn2)CC1. The number of hydrogen-bond donors (Lipinski definition) is 1. The number of nitrogens with zero attached hydrogens (tertiary/aromatic N) is 3. The topological polar surface area (TPSA) is 48.5 Å². The number of piperidine rings is 1. The maximum Gasteiger partial charge on any atom is 0.228 e. The molecule has 1 N–H and O–H groups in total. The molecular formula is C23H29FN4O. The van der Waals surface area contributed by atoms with E-state index in [2.05, 4.69) is 33.2 Å². The van der Waals surface area contributed by atoms with Gasteiger partial charge in [-0.3, -0.25) is 14.7 Å². The third-order valence-corrected chi connectivity index (χ3v) is 6.37. The summed E-state index contributed by atoms with van der Waals surface area (Å²) in [5.74, 6) is 0.363. The largest absolute Gasteiger partial charge is 0.326 e. The molecule has 2 fully saturated rings. The van der Waals surface area contributed by atoms with Gasteiger partial charge in [-0.25, -0.2) is 4.39 Å². The van der Waals surface area contributed by atoms with Crippen LogP contribution in [-0.2, 0) is 11.3 Å². The number of amides is 1. The minimum atomic E-state index is -0.293. The van der Waals surface area contributed by atoms with Gasteiger partial charge in [0.15, 0.2) is 0 Å². The molecule has 0 radical (unpaired) electrons. The zero-order chi connectivity index (χ0) is 20.2. The monoisotopic (exact) mass is 396 g/mol. The third kappa shape index (κ3) is 5.00. The van der Waals surface area contributed by atoms with E-state index >= 15 is 0 Å². The van der Waals surface area contributed by atoms with E-state index in [9.17, 15) is 9.18 Å². The van der Waals surface area contributed by atoms with E-state index in [1.807, 2.05) is 18.3 Å². The van der Waals surface area contributed by atoms with Crippen molar-refractivity contribution in [2.45, 2.75) is 31.8 Å². The van der Waals surface area contributed by atoms with Crippen molar-refractivity contribution in [1.82, 2.24) is 14.8 Å². The Balaban J connectivity index is 1.27. The van der Waals surface area contributed by atoms with Gasteiger partial charge < -0.3 is 10.2 Å². The van der Waals surface area contributed by atoms with Gasteiger partial charge in [-0.15, -0.1) is 0 Å². The maximum absolute atomic E-state index is 13.1. The number of carbonyl (C=O) groups excluding carboxylic acids is 1. The normalized spacial score (nSPS) is 23.9. The predicted molar refractivity (Wildman–Crippen MR) is 112 cm³/mol. The molecule has 1 amide bonds. The van der Waals surface area contributed by atoms with E-state index < -0.39 is 0 Å². The first-order valence-corrected chi connectivity index (χ1v) is 10.5. The summed E-state index contributed by atoms with van der Waals surface area (Å²) in [6.45, 7) is 3.86. The molecule has 2 atom stereocenters. The van der Waals surface area contributed by atoms with Crippen molar-refractivity contribution in [3.8, 4) is 0 Å². The van der Waals surface area contributed by atoms with Crippen molar-refractivity contribution < 1.29 is 9.18 Å². The standard InChI is InChI=1S/C23H29FN4O/c1-27-15-18(23(29)26-20-7-5-19(24)6-8-20)14-22(27)17-9-12-28(13-10-17)16-21-4-2-3-11-25-21/h2-8,11,17-18,22H,9-10,12-16H2,1H3,(H,26,29). The molecule has 0 saturated carbocycles. The van der Waals surface area contributed by atoms with Crippen LogP contribution in [0, 0.1) is 17.7 Å². The number of aromatic nitrogens is 1. The molecule has 1 aromatic heterocycles. The molecular weight excluding hydrogens is 367 g/mol. The lowest BCUT2D eigenvalue weighted by atomic mass is 9.86. The van der Waals surface area contributed by atoms with Crippen LogP contribution in [0.3, 0.4) is 0 Å². The molecule has 6 heteroatoms. The van der Waals surface area contributed by atoms with Crippen LogP contribution >= 0.6 is 0 Å². The second-order valence-corrected chi connectivity index (χ2v) is 8.37. The average molecular weight is 397 g/mol. The summed E-state index contributed by atoms with van der Waals surface area (Å²) in [7, 11) is 2.14. The van der Waals surface area contributed by atoms with E-state index in [-0.39, 0.29) is 17.6 Å². The fourth-order valence-corrected chi connectivity index (χ4v) is 4.77. The van der Waals surface area contributed by atoms with E-state index in [4.69, 9.17) is 0 Å². The molecule has 0 spiro atoms. The molecule has 2 aliphatic rings. The molecule has 0 bridgehead atoms. The maximum atomic E-state index is 13.1. The van der Waals surface area contributed by atoms with Crippen molar-refractivity contribution in [3.63, 3.8) is 0 Å². The minimum Gasteiger partial charge on any atom is -0.326 e. The lowest BCUT2D eigenvalue weighted by Crippen LogP contribution is -2.41. The van der Waals surface area contributed by atoms with Gasteiger partial charge in [0.05, 0.1) is 11.6 Å². The Morgan fingerprint density at radius 3 is 2.62 bits per heavy atom. The number of rotatable bonds is 5. The first-order valence-electron chi connectivity index (χ1n) is 10.5. The second-order valence-electron chi connectivity index (χ2n) is 8.37. The Labute approximate surface area is 171 Å². The smallest absolute Gasteiger partial charge is 0.228 e. The van der Waals surface area contributed by atoms with E-state index in [1.54, 1.807) is 12.1 Å². The number of halogens is 1. The first-order chi connectivity index (χ1) is 14.1. The zero-order valence-electron chi connectivity index (χ0n) is 16.9. The molecule has 2 aliphatic heterocycles. The van der Waals surface area contributed by atoms with Crippen LogP contribution in [0.2, 0.25) is 0 Å². The van der Waals surface area contributed by atoms with Gasteiger partial charge in [0.1, 0.15) is 5.82 Å². The molecule has 4 rings (SSSR count). The average Bonchev–Trinajstić information content (AvgIpc) is 3.13. The minimum absolute atomic E-state index is 0.0124. The highest BCUT2D eigenvalue weighted by Crippen LogP contribution is 2.33. The number of nitrogens with one attached hydrogen (secondary N) is 1. The lowest BCUT2D eigenvalue weighted by Gasteiger charge is -2.37. The second kappa shape index (κ2) is 9.01. The van der Waals surface area contributed by atoms with Gasteiger partial charge in [0, 0.05) is 31.0 Å². The molecule has 29 heavy (non-hydrogen) atoms. The number of hydrogen-bond acceptors (Lipinski definition) is 4. The van der Waals surface area contributed by atoms with Crippen LogP contribution in [-0.4, -0.2) is 53.4 Å². The zero-order valence-corrected chi connectivity index (χ0v) is 16.9. The van der Waals surface area contributed by atoms with Crippen LogP contribution in [0.5, 0.6) is 0 Å². The molecule has 154 valence electrons. The molecule has 2 aromatic rings. The highest BCUT2D eigenvalue weighted by Gasteiger charge is 2.39. The molecule has 5 nitrogen and oxygen atoms in total. The van der Waals surface area contributed by atoms with E-state index in [0.717, 1.165) is 51.1 Å². The number of pyridine rings is 1. The van der Waals surface area contributed by atoms with Crippen LogP contribution in [0.15, 0.2) is 48.7 Å². The Hall–Kier alpha value is -2.31. The van der Waals surface area contributed by atoms with Crippen molar-refractivity contribution in [2.75, 3.05) is 32.0 Å². The summed E-state index contributed by atoms with van der Waals surface area (Å²) in [5, 5.41) is 2.94. The number of likely N-dealkylation sites (tertiary alicyclic amines) is 2. The molecule has 2 unspecified atom stereocenters. The Morgan fingerprint density at radius 2 is 1.93 bits per heavy atom. The summed E-state index contributed by atoms with van der Waals surface area (Å²) in [6.07, 6.45) is 5.07. The molecule has 3 heterocycles. The quantitative estimate of drug-likeness (QED) is 0.842. The highest BCUT2D eigenvalue weighted by atomic mass is 19.1. The fourth-order valence-electron chi connectivity index (χ4n) is 4.77. The number of carbonyl (C=O) groups is 1. The summed E-state index contributed by atoms with van der Waals surface area (Å²) in [4.78, 5) is 22.0. The number of anilines is 1. The van der Waals surface area contributed by atoms with Gasteiger partial charge >= 0.3 is 0 Å². The third-order valence-electron chi connectivity index (χ3n) is 6.37. The summed E-state index contributed by atoms with van der Waals surface area (Å²) in [6, 6.07) is 12.5. The van der Waals surface area contributed by atoms with E-state index in [1.165, 1.54) is 12.1 Å².